The number of carbonyl (C=O) groups is 1. The molecule has 0 spiro atoms. The summed E-state index contributed by atoms with van der Waals surface area (Å²) in [5.74, 6) is 0.774. The Morgan fingerprint density at radius 2 is 1.46 bits per heavy atom. The predicted octanol–water partition coefficient (Wildman–Crippen LogP) is 4.86. The molecule has 1 aliphatic rings. The van der Waals surface area contributed by atoms with Gasteiger partial charge in [0.1, 0.15) is 5.82 Å². The number of alkyl halides is 3. The summed E-state index contributed by atoms with van der Waals surface area (Å²) in [5, 5.41) is 2.69. The van der Waals surface area contributed by atoms with Crippen LogP contribution in [0.25, 0.3) is 11.0 Å². The van der Waals surface area contributed by atoms with E-state index >= 15 is 0 Å². The lowest BCUT2D eigenvalue weighted by atomic mass is 10.2. The first-order valence-corrected chi connectivity index (χ1v) is 12.2. The number of benzene rings is 3. The van der Waals surface area contributed by atoms with Crippen LogP contribution in [-0.2, 0) is 24.1 Å². The van der Waals surface area contributed by atoms with Crippen molar-refractivity contribution in [3.8, 4) is 0 Å². The van der Waals surface area contributed by atoms with Gasteiger partial charge in [-0.2, -0.15) is 13.2 Å². The quantitative estimate of drug-likeness (QED) is 0.388. The minimum Gasteiger partial charge on any atom is -0.325 e. The highest BCUT2D eigenvalue weighted by atomic mass is 19.4. The molecule has 0 saturated carbocycles. The Bertz CT molecular complexity index is 1340. The molecule has 3 aromatic carbocycles. The summed E-state index contributed by atoms with van der Waals surface area (Å²) < 4.78 is 40.5. The summed E-state index contributed by atoms with van der Waals surface area (Å²) >= 11 is 0. The van der Waals surface area contributed by atoms with Crippen LogP contribution < -0.4 is 5.32 Å². The second kappa shape index (κ2) is 10.7. The number of carbonyl (C=O) groups excluding carboxylic acids is 1. The topological polar surface area (TPSA) is 53.4 Å². The monoisotopic (exact) mass is 507 g/mol. The first kappa shape index (κ1) is 25.0. The maximum Gasteiger partial charge on any atom is 0.416 e. The smallest absolute Gasteiger partial charge is 0.325 e. The van der Waals surface area contributed by atoms with Gasteiger partial charge in [0.15, 0.2) is 0 Å². The number of hydrogen-bond acceptors (Lipinski definition) is 4. The zero-order valence-electron chi connectivity index (χ0n) is 20.3. The third-order valence-electron chi connectivity index (χ3n) is 6.61. The van der Waals surface area contributed by atoms with Crippen molar-refractivity contribution >= 4 is 22.6 Å². The van der Waals surface area contributed by atoms with Gasteiger partial charge in [-0.05, 0) is 42.0 Å². The number of aromatic nitrogens is 2. The minimum atomic E-state index is -4.40. The first-order valence-electron chi connectivity index (χ1n) is 12.2. The molecule has 1 saturated heterocycles. The fourth-order valence-corrected chi connectivity index (χ4v) is 4.64. The highest BCUT2D eigenvalue weighted by Gasteiger charge is 2.30. The van der Waals surface area contributed by atoms with Gasteiger partial charge in [-0.3, -0.25) is 14.6 Å². The van der Waals surface area contributed by atoms with Gasteiger partial charge in [0.25, 0.3) is 0 Å². The Labute approximate surface area is 213 Å². The summed E-state index contributed by atoms with van der Waals surface area (Å²) in [4.78, 5) is 21.8. The van der Waals surface area contributed by atoms with Crippen LogP contribution in [0.4, 0.5) is 18.9 Å². The third-order valence-corrected chi connectivity index (χ3v) is 6.61. The van der Waals surface area contributed by atoms with Crippen molar-refractivity contribution in [3.05, 3.63) is 95.8 Å². The van der Waals surface area contributed by atoms with Crippen molar-refractivity contribution in [3.63, 3.8) is 0 Å². The summed E-state index contributed by atoms with van der Waals surface area (Å²) in [6.07, 6.45) is -4.40. The molecule has 0 atom stereocenters. The van der Waals surface area contributed by atoms with Crippen molar-refractivity contribution in [2.75, 3.05) is 38.0 Å². The Morgan fingerprint density at radius 3 is 2.16 bits per heavy atom. The van der Waals surface area contributed by atoms with Crippen LogP contribution in [0.5, 0.6) is 0 Å². The third kappa shape index (κ3) is 6.18. The number of nitrogens with zero attached hydrogens (tertiary/aromatic N) is 4. The normalized spacial score (nSPS) is 15.2. The van der Waals surface area contributed by atoms with Gasteiger partial charge in [-0.25, -0.2) is 4.98 Å². The van der Waals surface area contributed by atoms with Crippen molar-refractivity contribution in [1.82, 2.24) is 19.4 Å². The van der Waals surface area contributed by atoms with E-state index in [-0.39, 0.29) is 12.5 Å². The summed E-state index contributed by atoms with van der Waals surface area (Å²) in [6, 6.07) is 23.0. The Kier molecular flexibility index (Phi) is 7.25. The number of nitrogens with one attached hydrogen (secondary N) is 1. The van der Waals surface area contributed by atoms with Crippen LogP contribution in [0.1, 0.15) is 17.0 Å². The Morgan fingerprint density at radius 1 is 0.811 bits per heavy atom. The standard InChI is InChI=1S/C28H28F3N5O/c29-28(30,31)22-10-12-23(13-11-22)32-27(37)20-35-16-14-34(15-17-35)19-26-33-24-8-4-5-9-25(24)36(26)18-21-6-2-1-3-7-21/h1-13H,14-20H2,(H,32,37). The maximum atomic E-state index is 12.7. The number of imidazole rings is 1. The molecule has 192 valence electrons. The molecule has 37 heavy (non-hydrogen) atoms. The van der Waals surface area contributed by atoms with Crippen LogP contribution in [0.2, 0.25) is 0 Å². The molecule has 4 aromatic rings. The van der Waals surface area contributed by atoms with Crippen molar-refractivity contribution in [2.45, 2.75) is 19.3 Å². The average molecular weight is 508 g/mol. The van der Waals surface area contributed by atoms with Gasteiger partial charge < -0.3 is 9.88 Å². The lowest BCUT2D eigenvalue weighted by Gasteiger charge is -2.34. The SMILES string of the molecule is O=C(CN1CCN(Cc2nc3ccccc3n2Cc2ccccc2)CC1)Nc1ccc(C(F)(F)F)cc1. The maximum absolute atomic E-state index is 12.7. The van der Waals surface area contributed by atoms with Gasteiger partial charge in [0.05, 0.1) is 29.7 Å². The van der Waals surface area contributed by atoms with E-state index in [0.717, 1.165) is 61.7 Å². The predicted molar refractivity (Wildman–Crippen MR) is 137 cm³/mol. The van der Waals surface area contributed by atoms with E-state index in [1.807, 2.05) is 36.4 Å². The summed E-state index contributed by atoms with van der Waals surface area (Å²) in [6.45, 7) is 4.69. The molecule has 1 N–H and O–H groups in total. The largest absolute Gasteiger partial charge is 0.416 e. The Hall–Kier alpha value is -3.69. The van der Waals surface area contributed by atoms with E-state index in [1.165, 1.54) is 17.7 Å². The zero-order valence-corrected chi connectivity index (χ0v) is 20.3. The first-order chi connectivity index (χ1) is 17.8. The lowest BCUT2D eigenvalue weighted by Crippen LogP contribution is -2.48. The van der Waals surface area contributed by atoms with Crippen molar-refractivity contribution in [1.29, 1.82) is 0 Å². The van der Waals surface area contributed by atoms with E-state index < -0.39 is 11.7 Å². The summed E-state index contributed by atoms with van der Waals surface area (Å²) in [7, 11) is 0. The van der Waals surface area contributed by atoms with Crippen LogP contribution >= 0.6 is 0 Å². The van der Waals surface area contributed by atoms with Gasteiger partial charge >= 0.3 is 6.18 Å². The number of amides is 1. The number of anilines is 1. The number of halogens is 3. The van der Waals surface area contributed by atoms with E-state index in [9.17, 15) is 18.0 Å². The van der Waals surface area contributed by atoms with Gasteiger partial charge in [-0.15, -0.1) is 0 Å². The molecule has 9 heteroatoms. The molecule has 0 radical (unpaired) electrons. The molecular formula is C28H28F3N5O. The molecule has 1 aromatic heterocycles. The number of para-hydroxylation sites is 2. The number of rotatable bonds is 7. The van der Waals surface area contributed by atoms with Crippen LogP contribution in [0.3, 0.4) is 0 Å². The molecule has 1 aliphatic heterocycles. The molecule has 5 rings (SSSR count). The zero-order chi connectivity index (χ0) is 25.8. The molecule has 0 bridgehead atoms. The molecule has 1 fully saturated rings. The second-order valence-electron chi connectivity index (χ2n) is 9.26. The number of fused-ring (bicyclic) bond motifs is 1. The lowest BCUT2D eigenvalue weighted by molar-refractivity contribution is -0.137. The molecule has 0 unspecified atom stereocenters. The minimum absolute atomic E-state index is 0.196. The van der Waals surface area contributed by atoms with Crippen molar-refractivity contribution < 1.29 is 18.0 Å². The molecule has 6 nitrogen and oxygen atoms in total. The van der Waals surface area contributed by atoms with E-state index in [0.29, 0.717) is 12.2 Å². The van der Waals surface area contributed by atoms with Gasteiger partial charge in [-0.1, -0.05) is 42.5 Å². The average Bonchev–Trinajstić information content (AvgIpc) is 3.22. The van der Waals surface area contributed by atoms with Crippen LogP contribution in [0, 0.1) is 0 Å². The van der Waals surface area contributed by atoms with Crippen LogP contribution in [-0.4, -0.2) is 58.0 Å². The van der Waals surface area contributed by atoms with Crippen molar-refractivity contribution in [2.24, 2.45) is 0 Å². The molecular weight excluding hydrogens is 479 g/mol. The fraction of sp³-hybridized carbons (Fsp3) is 0.286. The fourth-order valence-electron chi connectivity index (χ4n) is 4.64. The van der Waals surface area contributed by atoms with E-state index in [1.54, 1.807) is 0 Å². The highest BCUT2D eigenvalue weighted by Crippen LogP contribution is 2.29. The van der Waals surface area contributed by atoms with Gasteiger partial charge in [0, 0.05) is 38.4 Å². The number of hydrogen-bond donors (Lipinski definition) is 1. The molecule has 1 amide bonds. The van der Waals surface area contributed by atoms with E-state index in [4.69, 9.17) is 4.98 Å². The number of piperazine rings is 1. The highest BCUT2D eigenvalue weighted by molar-refractivity contribution is 5.92. The second-order valence-corrected chi connectivity index (χ2v) is 9.26. The molecule has 0 aliphatic carbocycles. The summed E-state index contributed by atoms with van der Waals surface area (Å²) in [5.41, 5.74) is 2.93. The van der Waals surface area contributed by atoms with E-state index in [2.05, 4.69) is 37.9 Å². The van der Waals surface area contributed by atoms with Crippen LogP contribution in [0.15, 0.2) is 78.9 Å². The molecule has 2 heterocycles. The Balaban J connectivity index is 1.17. The van der Waals surface area contributed by atoms with Gasteiger partial charge in [0.2, 0.25) is 5.91 Å².